The van der Waals surface area contributed by atoms with E-state index in [4.69, 9.17) is 11.6 Å². The van der Waals surface area contributed by atoms with Crippen LogP contribution in [0, 0.1) is 6.92 Å². The van der Waals surface area contributed by atoms with Crippen molar-refractivity contribution in [3.8, 4) is 0 Å². The smallest absolute Gasteiger partial charge is 0.263 e. The standard InChI is InChI=1S/C17H15ClN4O3S3/c1-11-20-21-17(27-11)22-28(24,25)15-8-4-13(5-9-15)19-16(23)10-26-14-6-2-12(18)3-7-14/h2-9H,10H2,1H3,(H,19,23)(H,21,22). The molecular weight excluding hydrogens is 440 g/mol. The Bertz CT molecular complexity index is 1070. The average Bonchev–Trinajstić information content (AvgIpc) is 3.06. The lowest BCUT2D eigenvalue weighted by atomic mass is 10.3. The Morgan fingerprint density at radius 1 is 1.11 bits per heavy atom. The zero-order valence-corrected chi connectivity index (χ0v) is 17.8. The van der Waals surface area contributed by atoms with Crippen molar-refractivity contribution in [2.45, 2.75) is 16.7 Å². The number of rotatable bonds is 7. The predicted molar refractivity (Wildman–Crippen MR) is 113 cm³/mol. The summed E-state index contributed by atoms with van der Waals surface area (Å²) in [7, 11) is -3.76. The van der Waals surface area contributed by atoms with Crippen LogP contribution in [0.5, 0.6) is 0 Å². The molecule has 0 aliphatic rings. The molecule has 0 saturated heterocycles. The van der Waals surface area contributed by atoms with Gasteiger partial charge in [-0.3, -0.25) is 9.52 Å². The molecule has 1 aromatic heterocycles. The number of nitrogens with one attached hydrogen (secondary N) is 2. The van der Waals surface area contributed by atoms with Gasteiger partial charge in [0.1, 0.15) is 5.01 Å². The molecule has 0 bridgehead atoms. The lowest BCUT2D eigenvalue weighted by Gasteiger charge is -2.08. The number of aromatic nitrogens is 2. The van der Waals surface area contributed by atoms with Gasteiger partial charge in [0.05, 0.1) is 10.6 Å². The van der Waals surface area contributed by atoms with E-state index in [1.54, 1.807) is 19.1 Å². The highest BCUT2D eigenvalue weighted by Crippen LogP contribution is 2.22. The van der Waals surface area contributed by atoms with Crippen LogP contribution in [0.25, 0.3) is 0 Å². The molecule has 0 spiro atoms. The molecule has 146 valence electrons. The summed E-state index contributed by atoms with van der Waals surface area (Å²) >= 11 is 8.36. The number of carbonyl (C=O) groups excluding carboxylic acids is 1. The average molecular weight is 455 g/mol. The van der Waals surface area contributed by atoms with Crippen LogP contribution in [0.4, 0.5) is 10.8 Å². The molecule has 0 unspecified atom stereocenters. The van der Waals surface area contributed by atoms with E-state index in [0.29, 0.717) is 15.7 Å². The predicted octanol–water partition coefficient (Wildman–Crippen LogP) is 4.03. The highest BCUT2D eigenvalue weighted by Gasteiger charge is 2.16. The van der Waals surface area contributed by atoms with E-state index in [-0.39, 0.29) is 21.7 Å². The minimum Gasteiger partial charge on any atom is -0.325 e. The summed E-state index contributed by atoms with van der Waals surface area (Å²) in [6.07, 6.45) is 0. The Hall–Kier alpha value is -2.14. The number of thioether (sulfide) groups is 1. The van der Waals surface area contributed by atoms with E-state index < -0.39 is 10.0 Å². The van der Waals surface area contributed by atoms with Gasteiger partial charge in [0, 0.05) is 15.6 Å². The van der Waals surface area contributed by atoms with Gasteiger partial charge in [-0.25, -0.2) is 8.42 Å². The van der Waals surface area contributed by atoms with Crippen LogP contribution in [0.3, 0.4) is 0 Å². The van der Waals surface area contributed by atoms with Crippen molar-refractivity contribution in [1.82, 2.24) is 10.2 Å². The van der Waals surface area contributed by atoms with E-state index in [2.05, 4.69) is 20.2 Å². The van der Waals surface area contributed by atoms with Gasteiger partial charge in [0.15, 0.2) is 0 Å². The fraction of sp³-hybridized carbons (Fsp3) is 0.118. The summed E-state index contributed by atoms with van der Waals surface area (Å²) in [6, 6.07) is 13.1. The molecule has 1 heterocycles. The number of amides is 1. The van der Waals surface area contributed by atoms with Crippen LogP contribution < -0.4 is 10.0 Å². The third-order valence-electron chi connectivity index (χ3n) is 3.38. The van der Waals surface area contributed by atoms with Gasteiger partial charge in [-0.05, 0) is 55.5 Å². The quantitative estimate of drug-likeness (QED) is 0.522. The summed E-state index contributed by atoms with van der Waals surface area (Å²) in [5.41, 5.74) is 0.507. The van der Waals surface area contributed by atoms with Crippen LogP contribution in [-0.2, 0) is 14.8 Å². The summed E-state index contributed by atoms with van der Waals surface area (Å²) in [5, 5.41) is 11.8. The Kier molecular flexibility index (Phi) is 6.55. The van der Waals surface area contributed by atoms with Crippen molar-refractivity contribution in [2.75, 3.05) is 15.8 Å². The number of benzene rings is 2. The highest BCUT2D eigenvalue weighted by atomic mass is 35.5. The molecule has 0 saturated carbocycles. The summed E-state index contributed by atoms with van der Waals surface area (Å²) in [4.78, 5) is 13.1. The van der Waals surface area contributed by atoms with E-state index in [0.717, 1.165) is 16.2 Å². The highest BCUT2D eigenvalue weighted by molar-refractivity contribution is 8.00. The number of anilines is 2. The lowest BCUT2D eigenvalue weighted by molar-refractivity contribution is -0.113. The van der Waals surface area contributed by atoms with Gasteiger partial charge in [-0.15, -0.1) is 22.0 Å². The first-order valence-corrected chi connectivity index (χ1v) is 11.6. The Labute approximate surface area is 175 Å². The normalized spacial score (nSPS) is 11.2. The van der Waals surface area contributed by atoms with E-state index in [1.165, 1.54) is 36.0 Å². The maximum Gasteiger partial charge on any atom is 0.263 e. The number of aryl methyl sites for hydroxylation is 1. The zero-order valence-electron chi connectivity index (χ0n) is 14.5. The topological polar surface area (TPSA) is 101 Å². The van der Waals surface area contributed by atoms with Gasteiger partial charge in [-0.1, -0.05) is 22.9 Å². The summed E-state index contributed by atoms with van der Waals surface area (Å²) in [5.74, 6) is 0.0256. The number of hydrogen-bond donors (Lipinski definition) is 2. The van der Waals surface area contributed by atoms with Crippen molar-refractivity contribution < 1.29 is 13.2 Å². The van der Waals surface area contributed by atoms with Gasteiger partial charge in [0.2, 0.25) is 11.0 Å². The molecule has 0 aliphatic heterocycles. The molecule has 0 aliphatic carbocycles. The largest absolute Gasteiger partial charge is 0.325 e. The van der Waals surface area contributed by atoms with Crippen molar-refractivity contribution in [1.29, 1.82) is 0 Å². The van der Waals surface area contributed by atoms with Crippen LogP contribution in [0.1, 0.15) is 5.01 Å². The van der Waals surface area contributed by atoms with Gasteiger partial charge < -0.3 is 5.32 Å². The monoisotopic (exact) mass is 454 g/mol. The first-order valence-electron chi connectivity index (χ1n) is 7.93. The first-order chi connectivity index (χ1) is 13.3. The number of halogens is 1. The van der Waals surface area contributed by atoms with E-state index >= 15 is 0 Å². The Morgan fingerprint density at radius 3 is 2.39 bits per heavy atom. The van der Waals surface area contributed by atoms with Crippen LogP contribution in [-0.4, -0.2) is 30.3 Å². The molecule has 28 heavy (non-hydrogen) atoms. The number of sulfonamides is 1. The van der Waals surface area contributed by atoms with Crippen molar-refractivity contribution in [3.63, 3.8) is 0 Å². The molecule has 2 N–H and O–H groups in total. The van der Waals surface area contributed by atoms with Gasteiger partial charge in [0.25, 0.3) is 10.0 Å². The van der Waals surface area contributed by atoms with Crippen molar-refractivity contribution >= 4 is 61.4 Å². The zero-order chi connectivity index (χ0) is 20.1. The van der Waals surface area contributed by atoms with Gasteiger partial charge >= 0.3 is 0 Å². The van der Waals surface area contributed by atoms with Crippen molar-refractivity contribution in [3.05, 3.63) is 58.6 Å². The molecule has 0 fully saturated rings. The molecule has 3 rings (SSSR count). The minimum atomic E-state index is -3.76. The maximum atomic E-state index is 12.4. The molecule has 2 aromatic carbocycles. The Balaban J connectivity index is 1.57. The second-order valence-electron chi connectivity index (χ2n) is 5.55. The fourth-order valence-corrected chi connectivity index (χ4v) is 4.75. The first kappa shape index (κ1) is 20.6. The third kappa shape index (κ3) is 5.68. The second kappa shape index (κ2) is 8.91. The van der Waals surface area contributed by atoms with Crippen LogP contribution in [0.15, 0.2) is 58.3 Å². The lowest BCUT2D eigenvalue weighted by Crippen LogP contribution is -2.15. The van der Waals surface area contributed by atoms with E-state index in [1.807, 2.05) is 12.1 Å². The fourth-order valence-electron chi connectivity index (χ4n) is 2.11. The Morgan fingerprint density at radius 2 is 1.79 bits per heavy atom. The van der Waals surface area contributed by atoms with Crippen molar-refractivity contribution in [2.24, 2.45) is 0 Å². The third-order valence-corrected chi connectivity index (χ3v) is 6.88. The summed E-state index contributed by atoms with van der Waals surface area (Å²) < 4.78 is 27.1. The van der Waals surface area contributed by atoms with Gasteiger partial charge in [-0.2, -0.15) is 0 Å². The molecule has 11 heteroatoms. The second-order valence-corrected chi connectivity index (χ2v) is 9.90. The number of hydrogen-bond acceptors (Lipinski definition) is 7. The number of carbonyl (C=O) groups is 1. The molecular formula is C17H15ClN4O3S3. The van der Waals surface area contributed by atoms with Crippen LogP contribution in [0.2, 0.25) is 5.02 Å². The molecule has 3 aromatic rings. The molecule has 0 radical (unpaired) electrons. The SMILES string of the molecule is Cc1nnc(NS(=O)(=O)c2ccc(NC(=O)CSc3ccc(Cl)cc3)cc2)s1. The minimum absolute atomic E-state index is 0.0638. The summed E-state index contributed by atoms with van der Waals surface area (Å²) in [6.45, 7) is 1.73. The molecule has 1 amide bonds. The maximum absolute atomic E-state index is 12.4. The number of nitrogens with zero attached hydrogens (tertiary/aromatic N) is 2. The molecule has 0 atom stereocenters. The molecule has 7 nitrogen and oxygen atoms in total. The van der Waals surface area contributed by atoms with Crippen LogP contribution >= 0.6 is 34.7 Å². The van der Waals surface area contributed by atoms with E-state index in [9.17, 15) is 13.2 Å².